The van der Waals surface area contributed by atoms with Crippen LogP contribution in [0.2, 0.25) is 0 Å². The van der Waals surface area contributed by atoms with Crippen LogP contribution in [0.15, 0.2) is 140 Å². The monoisotopic (exact) mass is 563 g/mol. The normalized spacial score (nSPS) is 13.2. The van der Waals surface area contributed by atoms with Gasteiger partial charge in [-0.2, -0.15) is 0 Å². The van der Waals surface area contributed by atoms with Crippen molar-refractivity contribution >= 4 is 49.8 Å². The molecule has 8 aromatic rings. The van der Waals surface area contributed by atoms with E-state index in [1.54, 1.807) is 0 Å². The van der Waals surface area contributed by atoms with Gasteiger partial charge in [0, 0.05) is 44.6 Å². The lowest BCUT2D eigenvalue weighted by molar-refractivity contribution is 0.645. The lowest BCUT2D eigenvalue weighted by Gasteiger charge is -2.25. The topological polar surface area (TPSA) is 13.1 Å². The first-order chi connectivity index (χ1) is 21.6. The molecule has 1 aliphatic heterocycles. The minimum absolute atomic E-state index is 0.105. The number of anilines is 3. The second kappa shape index (κ2) is 9.14. The van der Waals surface area contributed by atoms with Crippen LogP contribution >= 0.6 is 0 Å². The molecule has 9 rings (SSSR count). The lowest BCUT2D eigenvalue weighted by atomic mass is 9.83. The largest absolute Gasteiger partial charge is 0.311 e. The van der Waals surface area contributed by atoms with Crippen molar-refractivity contribution in [1.82, 2.24) is 9.13 Å². The molecule has 0 N–H and O–H groups in total. The van der Waals surface area contributed by atoms with Crippen LogP contribution in [0, 0.1) is 12.1 Å². The molecule has 0 saturated carbocycles. The van der Waals surface area contributed by atoms with Crippen molar-refractivity contribution in [2.45, 2.75) is 19.3 Å². The summed E-state index contributed by atoms with van der Waals surface area (Å²) >= 11 is 0. The predicted octanol–water partition coefficient (Wildman–Crippen LogP) is 10.4. The van der Waals surface area contributed by atoms with Crippen LogP contribution in [-0.4, -0.2) is 9.13 Å². The molecule has 2 aromatic heterocycles. The van der Waals surface area contributed by atoms with Crippen molar-refractivity contribution in [3.8, 4) is 11.4 Å². The van der Waals surface area contributed by atoms with Crippen molar-refractivity contribution in [3.63, 3.8) is 0 Å². The molecule has 3 heteroatoms. The van der Waals surface area contributed by atoms with Crippen LogP contribution in [-0.2, 0) is 5.41 Å². The number of rotatable bonds is 4. The fourth-order valence-corrected chi connectivity index (χ4v) is 7.22. The number of aromatic nitrogens is 2. The van der Waals surface area contributed by atoms with E-state index in [0.29, 0.717) is 0 Å². The fourth-order valence-electron chi connectivity index (χ4n) is 7.22. The maximum Gasteiger partial charge on any atom is 0.107 e. The van der Waals surface area contributed by atoms with Crippen LogP contribution in [0.25, 0.3) is 44.1 Å². The Bertz CT molecular complexity index is 2300. The molecular weight excluding hydrogens is 534 g/mol. The molecule has 0 fully saturated rings. The van der Waals surface area contributed by atoms with Gasteiger partial charge in [0.1, 0.15) is 5.52 Å². The van der Waals surface area contributed by atoms with Crippen LogP contribution in [0.5, 0.6) is 0 Å². The minimum Gasteiger partial charge on any atom is -0.311 e. The van der Waals surface area contributed by atoms with E-state index in [0.717, 1.165) is 33.7 Å². The lowest BCUT2D eigenvalue weighted by Crippen LogP contribution is -2.14. The van der Waals surface area contributed by atoms with Gasteiger partial charge < -0.3 is 14.0 Å². The first kappa shape index (κ1) is 24.8. The summed E-state index contributed by atoms with van der Waals surface area (Å²) in [6, 6.07) is 57.0. The highest BCUT2D eigenvalue weighted by Gasteiger charge is 2.37. The Balaban J connectivity index is 1.28. The summed E-state index contributed by atoms with van der Waals surface area (Å²) < 4.78 is 4.80. The second-order valence-electron chi connectivity index (χ2n) is 12.1. The number of hydrogen-bond acceptors (Lipinski definition) is 1. The Hall–Kier alpha value is -5.72. The summed E-state index contributed by atoms with van der Waals surface area (Å²) in [7, 11) is 0. The van der Waals surface area contributed by atoms with E-state index in [4.69, 9.17) is 0 Å². The molecule has 0 spiro atoms. The zero-order valence-corrected chi connectivity index (χ0v) is 24.6. The van der Waals surface area contributed by atoms with E-state index in [2.05, 4.69) is 180 Å². The number of benzene rings is 5. The number of nitrogens with zero attached hydrogens (tertiary/aromatic N) is 3. The van der Waals surface area contributed by atoms with Gasteiger partial charge in [-0.05, 0) is 78.4 Å². The molecule has 6 aromatic carbocycles. The van der Waals surface area contributed by atoms with Gasteiger partial charge >= 0.3 is 0 Å². The highest BCUT2D eigenvalue weighted by atomic mass is 15.1. The van der Waals surface area contributed by atoms with Crippen LogP contribution in [0.3, 0.4) is 0 Å². The molecule has 0 aliphatic carbocycles. The molecule has 1 aliphatic rings. The fraction of sp³-hybridized carbons (Fsp3) is 0.0732. The molecule has 0 unspecified atom stereocenters. The van der Waals surface area contributed by atoms with Gasteiger partial charge in [0.05, 0.1) is 22.1 Å². The molecule has 0 amide bonds. The standard InChI is InChI=1S/C41H29N3/c1-41(2)35-18-10-12-20-38(35)44-37-26-25-33-32-17-9-11-19-36(32)43(40(33)34(37)27-39(41)44)31-23-21-30(22-24-31)42(28-13-5-3-6-14-28)29-15-7-4-8-16-29/h3-24,27H,1-2H3. The molecule has 0 saturated heterocycles. The van der Waals surface area contributed by atoms with Crippen molar-refractivity contribution in [2.75, 3.05) is 4.90 Å². The van der Waals surface area contributed by atoms with Gasteiger partial charge in [-0.3, -0.25) is 0 Å². The Morgan fingerprint density at radius 1 is 0.568 bits per heavy atom. The average molecular weight is 564 g/mol. The highest BCUT2D eigenvalue weighted by molar-refractivity contribution is 6.17. The van der Waals surface area contributed by atoms with E-state index in [1.165, 1.54) is 38.8 Å². The van der Waals surface area contributed by atoms with Gasteiger partial charge in [0.2, 0.25) is 0 Å². The maximum atomic E-state index is 3.60. The number of hydrogen-bond donors (Lipinski definition) is 0. The van der Waals surface area contributed by atoms with Gasteiger partial charge in [0.15, 0.2) is 0 Å². The Labute approximate surface area is 256 Å². The smallest absolute Gasteiger partial charge is 0.107 e. The maximum absolute atomic E-state index is 3.60. The van der Waals surface area contributed by atoms with Gasteiger partial charge in [-0.1, -0.05) is 92.7 Å². The molecule has 3 nitrogen and oxygen atoms in total. The van der Waals surface area contributed by atoms with Crippen molar-refractivity contribution < 1.29 is 0 Å². The molecule has 208 valence electrons. The summed E-state index contributed by atoms with van der Waals surface area (Å²) in [5.41, 5.74) is 11.7. The zero-order chi connectivity index (χ0) is 29.4. The third-order valence-corrected chi connectivity index (χ3v) is 9.29. The third kappa shape index (κ3) is 3.40. The van der Waals surface area contributed by atoms with Crippen LogP contribution < -0.4 is 4.90 Å². The summed E-state index contributed by atoms with van der Waals surface area (Å²) in [6.07, 6.45) is 0. The Kier molecular flexibility index (Phi) is 5.16. The Morgan fingerprint density at radius 3 is 1.91 bits per heavy atom. The van der Waals surface area contributed by atoms with Crippen LogP contribution in [0.1, 0.15) is 25.1 Å². The van der Waals surface area contributed by atoms with Crippen molar-refractivity contribution in [2.24, 2.45) is 0 Å². The van der Waals surface area contributed by atoms with E-state index >= 15 is 0 Å². The van der Waals surface area contributed by atoms with E-state index in [1.807, 2.05) is 0 Å². The quantitative estimate of drug-likeness (QED) is 0.208. The molecule has 0 radical (unpaired) electrons. The first-order valence-electron chi connectivity index (χ1n) is 15.1. The third-order valence-electron chi connectivity index (χ3n) is 9.29. The summed E-state index contributed by atoms with van der Waals surface area (Å²) in [5.74, 6) is 0. The molecule has 0 atom stereocenters. The zero-order valence-electron chi connectivity index (χ0n) is 24.6. The van der Waals surface area contributed by atoms with Gasteiger partial charge in [-0.25, -0.2) is 0 Å². The molecule has 44 heavy (non-hydrogen) atoms. The molecular formula is C41H29N3. The van der Waals surface area contributed by atoms with Gasteiger partial charge in [-0.15, -0.1) is 0 Å². The summed E-state index contributed by atoms with van der Waals surface area (Å²) in [5, 5.41) is 3.49. The predicted molar refractivity (Wildman–Crippen MR) is 182 cm³/mol. The summed E-state index contributed by atoms with van der Waals surface area (Å²) in [4.78, 5) is 2.30. The van der Waals surface area contributed by atoms with Crippen molar-refractivity contribution in [1.29, 1.82) is 0 Å². The van der Waals surface area contributed by atoms with E-state index in [9.17, 15) is 0 Å². The average Bonchev–Trinajstić information content (AvgIpc) is 3.70. The SMILES string of the molecule is CC1(C)c2ccccc2-n2c1cc1c2c#cc2c3ccccc3n(-c3ccc(N(c4ccccc4)c4ccccc4)cc3)c21. The molecule has 0 bridgehead atoms. The van der Waals surface area contributed by atoms with Crippen molar-refractivity contribution in [3.05, 3.63) is 163 Å². The van der Waals surface area contributed by atoms with Gasteiger partial charge in [0.25, 0.3) is 0 Å². The number of fused-ring (bicyclic) bond motifs is 9. The highest BCUT2D eigenvalue weighted by Crippen LogP contribution is 2.47. The summed E-state index contributed by atoms with van der Waals surface area (Å²) in [6.45, 7) is 4.65. The second-order valence-corrected chi connectivity index (χ2v) is 12.1. The minimum atomic E-state index is -0.105. The Morgan fingerprint density at radius 2 is 1.18 bits per heavy atom. The number of para-hydroxylation sites is 4. The van der Waals surface area contributed by atoms with E-state index < -0.39 is 0 Å². The molecule has 3 heterocycles. The van der Waals surface area contributed by atoms with E-state index in [-0.39, 0.29) is 5.41 Å². The first-order valence-corrected chi connectivity index (χ1v) is 15.1. The van der Waals surface area contributed by atoms with Crippen LogP contribution in [0.4, 0.5) is 17.1 Å².